The third kappa shape index (κ3) is 3.20. The molecule has 4 aromatic rings. The summed E-state index contributed by atoms with van der Waals surface area (Å²) in [5.41, 5.74) is 0.405. The second-order valence-corrected chi connectivity index (χ2v) is 5.81. The molecule has 0 aliphatic heterocycles. The normalized spacial score (nSPS) is 12.0. The molecule has 2 aromatic heterocycles. The SMILES string of the molecule is C[C@@H](OC(=O)c1n[nH]c(=O)c2ccccc12)c1nnc(-c2ccccc2)o1. The van der Waals surface area contributed by atoms with Gasteiger partial charge in [-0.25, -0.2) is 9.89 Å². The monoisotopic (exact) mass is 362 g/mol. The number of hydrogen-bond donors (Lipinski definition) is 1. The fourth-order valence-electron chi connectivity index (χ4n) is 2.63. The van der Waals surface area contributed by atoms with Gasteiger partial charge in [0.05, 0.1) is 5.39 Å². The Labute approximate surface area is 152 Å². The highest BCUT2D eigenvalue weighted by atomic mass is 16.6. The molecule has 0 amide bonds. The predicted octanol–water partition coefficient (Wildman–Crippen LogP) is 2.89. The van der Waals surface area contributed by atoms with E-state index in [0.29, 0.717) is 16.7 Å². The zero-order valence-electron chi connectivity index (χ0n) is 14.2. The highest BCUT2D eigenvalue weighted by Crippen LogP contribution is 2.23. The van der Waals surface area contributed by atoms with Crippen molar-refractivity contribution in [2.24, 2.45) is 0 Å². The van der Waals surface area contributed by atoms with Crippen LogP contribution in [0.5, 0.6) is 0 Å². The van der Waals surface area contributed by atoms with E-state index in [1.807, 2.05) is 30.3 Å². The third-order valence-corrected chi connectivity index (χ3v) is 3.98. The molecule has 8 heteroatoms. The first-order chi connectivity index (χ1) is 13.1. The average molecular weight is 362 g/mol. The Morgan fingerprint density at radius 2 is 1.74 bits per heavy atom. The highest BCUT2D eigenvalue weighted by molar-refractivity contribution is 6.02. The van der Waals surface area contributed by atoms with E-state index in [1.54, 1.807) is 31.2 Å². The number of fused-ring (bicyclic) bond motifs is 1. The minimum Gasteiger partial charge on any atom is -0.448 e. The first-order valence-corrected chi connectivity index (χ1v) is 8.20. The van der Waals surface area contributed by atoms with Gasteiger partial charge in [-0.3, -0.25) is 4.79 Å². The Kier molecular flexibility index (Phi) is 4.21. The maximum atomic E-state index is 12.5. The first kappa shape index (κ1) is 16.6. The second-order valence-electron chi connectivity index (χ2n) is 5.81. The molecular weight excluding hydrogens is 348 g/mol. The molecule has 0 radical (unpaired) electrons. The van der Waals surface area contributed by atoms with E-state index < -0.39 is 12.1 Å². The van der Waals surface area contributed by atoms with Crippen LogP contribution in [-0.4, -0.2) is 26.4 Å². The van der Waals surface area contributed by atoms with Crippen molar-refractivity contribution < 1.29 is 13.9 Å². The summed E-state index contributed by atoms with van der Waals surface area (Å²) in [6.45, 7) is 1.62. The number of carbonyl (C=O) groups excluding carboxylic acids is 1. The lowest BCUT2D eigenvalue weighted by atomic mass is 10.1. The fraction of sp³-hybridized carbons (Fsp3) is 0.105. The van der Waals surface area contributed by atoms with Gasteiger partial charge in [0, 0.05) is 10.9 Å². The number of carbonyl (C=O) groups is 1. The zero-order chi connectivity index (χ0) is 18.8. The molecule has 0 saturated carbocycles. The minimum absolute atomic E-state index is 0.0137. The third-order valence-electron chi connectivity index (χ3n) is 3.98. The lowest BCUT2D eigenvalue weighted by molar-refractivity contribution is 0.0274. The van der Waals surface area contributed by atoms with Crippen molar-refractivity contribution in [2.75, 3.05) is 0 Å². The quantitative estimate of drug-likeness (QED) is 0.556. The summed E-state index contributed by atoms with van der Waals surface area (Å²) in [4.78, 5) is 24.4. The molecule has 0 fully saturated rings. The van der Waals surface area contributed by atoms with Crippen LogP contribution >= 0.6 is 0 Å². The molecule has 1 atom stereocenters. The van der Waals surface area contributed by atoms with Crippen molar-refractivity contribution in [3.63, 3.8) is 0 Å². The van der Waals surface area contributed by atoms with Crippen LogP contribution in [0.3, 0.4) is 0 Å². The maximum Gasteiger partial charge on any atom is 0.360 e. The van der Waals surface area contributed by atoms with Crippen LogP contribution in [0.1, 0.15) is 29.4 Å². The summed E-state index contributed by atoms with van der Waals surface area (Å²) in [5.74, 6) is -0.202. The number of H-pyrrole nitrogens is 1. The molecule has 8 nitrogen and oxygen atoms in total. The van der Waals surface area contributed by atoms with E-state index in [2.05, 4.69) is 20.4 Å². The van der Waals surface area contributed by atoms with Gasteiger partial charge < -0.3 is 9.15 Å². The number of aromatic nitrogens is 4. The van der Waals surface area contributed by atoms with Crippen LogP contribution < -0.4 is 5.56 Å². The van der Waals surface area contributed by atoms with E-state index in [0.717, 1.165) is 5.56 Å². The summed E-state index contributed by atoms with van der Waals surface area (Å²) in [6, 6.07) is 15.9. The van der Waals surface area contributed by atoms with Crippen LogP contribution in [0.25, 0.3) is 22.2 Å². The molecule has 134 valence electrons. The molecule has 27 heavy (non-hydrogen) atoms. The zero-order valence-corrected chi connectivity index (χ0v) is 14.2. The average Bonchev–Trinajstić information content (AvgIpc) is 3.19. The Morgan fingerprint density at radius 3 is 2.52 bits per heavy atom. The van der Waals surface area contributed by atoms with Crippen LogP contribution in [0.2, 0.25) is 0 Å². The molecule has 2 heterocycles. The Balaban J connectivity index is 1.58. The fourth-order valence-corrected chi connectivity index (χ4v) is 2.63. The van der Waals surface area contributed by atoms with Gasteiger partial charge in [-0.05, 0) is 25.1 Å². The molecule has 0 spiro atoms. The van der Waals surface area contributed by atoms with E-state index in [4.69, 9.17) is 9.15 Å². The number of rotatable bonds is 4. The lowest BCUT2D eigenvalue weighted by Crippen LogP contribution is -2.17. The summed E-state index contributed by atoms with van der Waals surface area (Å²) >= 11 is 0. The molecule has 0 saturated heterocycles. The van der Waals surface area contributed by atoms with Gasteiger partial charge in [-0.15, -0.1) is 10.2 Å². The maximum absolute atomic E-state index is 12.5. The number of nitrogens with one attached hydrogen (secondary N) is 1. The molecule has 1 N–H and O–H groups in total. The van der Waals surface area contributed by atoms with Gasteiger partial charge in [-0.1, -0.05) is 36.4 Å². The standard InChI is InChI=1S/C19H14N4O4/c1-11(17-22-23-18(27-17)12-7-3-2-4-8-12)26-19(25)15-13-9-5-6-10-14(13)16(24)21-20-15/h2-11H,1H3,(H,21,24)/t11-/m1/s1. The molecule has 0 bridgehead atoms. The largest absolute Gasteiger partial charge is 0.448 e. The summed E-state index contributed by atoms with van der Waals surface area (Å²) in [6.07, 6.45) is -0.782. The van der Waals surface area contributed by atoms with Crippen LogP contribution in [0.15, 0.2) is 63.8 Å². The van der Waals surface area contributed by atoms with Gasteiger partial charge in [0.25, 0.3) is 11.4 Å². The van der Waals surface area contributed by atoms with Gasteiger partial charge in [0.15, 0.2) is 11.8 Å². The summed E-state index contributed by atoms with van der Waals surface area (Å²) in [7, 11) is 0. The number of ether oxygens (including phenoxy) is 1. The molecule has 0 unspecified atom stereocenters. The minimum atomic E-state index is -0.782. The summed E-state index contributed by atoms with van der Waals surface area (Å²) in [5, 5.41) is 14.8. The lowest BCUT2D eigenvalue weighted by Gasteiger charge is -2.10. The number of benzene rings is 2. The van der Waals surface area contributed by atoms with E-state index in [9.17, 15) is 9.59 Å². The second kappa shape index (κ2) is 6.83. The summed E-state index contributed by atoms with van der Waals surface area (Å²) < 4.78 is 11.0. The van der Waals surface area contributed by atoms with Gasteiger partial charge in [0.2, 0.25) is 5.89 Å². The van der Waals surface area contributed by atoms with E-state index >= 15 is 0 Å². The smallest absolute Gasteiger partial charge is 0.360 e. The topological polar surface area (TPSA) is 111 Å². The molecule has 0 aliphatic carbocycles. The van der Waals surface area contributed by atoms with Crippen molar-refractivity contribution in [2.45, 2.75) is 13.0 Å². The van der Waals surface area contributed by atoms with Crippen molar-refractivity contribution in [1.29, 1.82) is 0 Å². The van der Waals surface area contributed by atoms with Crippen molar-refractivity contribution in [3.8, 4) is 11.5 Å². The van der Waals surface area contributed by atoms with Gasteiger partial charge in [0.1, 0.15) is 0 Å². The number of hydrogen-bond acceptors (Lipinski definition) is 7. The van der Waals surface area contributed by atoms with E-state index in [-0.39, 0.29) is 17.1 Å². The Morgan fingerprint density at radius 1 is 1.04 bits per heavy atom. The molecule has 2 aromatic carbocycles. The van der Waals surface area contributed by atoms with Crippen LogP contribution in [0.4, 0.5) is 0 Å². The molecule has 4 rings (SSSR count). The first-order valence-electron chi connectivity index (χ1n) is 8.20. The van der Waals surface area contributed by atoms with Gasteiger partial charge >= 0.3 is 5.97 Å². The highest BCUT2D eigenvalue weighted by Gasteiger charge is 2.22. The van der Waals surface area contributed by atoms with Crippen LogP contribution in [0, 0.1) is 0 Å². The van der Waals surface area contributed by atoms with Gasteiger partial charge in [-0.2, -0.15) is 5.10 Å². The van der Waals surface area contributed by atoms with E-state index in [1.165, 1.54) is 0 Å². The number of nitrogens with zero attached hydrogens (tertiary/aromatic N) is 3. The predicted molar refractivity (Wildman–Crippen MR) is 95.9 cm³/mol. The molecule has 0 aliphatic rings. The van der Waals surface area contributed by atoms with Crippen LogP contribution in [-0.2, 0) is 4.74 Å². The molecular formula is C19H14N4O4. The van der Waals surface area contributed by atoms with Crippen molar-refractivity contribution in [3.05, 3.63) is 76.5 Å². The van der Waals surface area contributed by atoms with Crippen molar-refractivity contribution in [1.82, 2.24) is 20.4 Å². The number of esters is 1. The Hall–Kier alpha value is -3.81. The van der Waals surface area contributed by atoms with Crippen molar-refractivity contribution >= 4 is 16.7 Å². The Bertz CT molecular complexity index is 1170. The number of aromatic amines is 1.